The average molecular weight is 622 g/mol. The maximum atomic E-state index is 12.4. The van der Waals surface area contributed by atoms with Gasteiger partial charge >= 0.3 is 5.97 Å². The highest BCUT2D eigenvalue weighted by atomic mass is 35.5. The first-order valence-electron chi connectivity index (χ1n) is 13.2. The Bertz CT molecular complexity index is 1700. The van der Waals surface area contributed by atoms with E-state index in [1.807, 2.05) is 71.6 Å². The van der Waals surface area contributed by atoms with Gasteiger partial charge in [-0.2, -0.15) is 0 Å². The fourth-order valence-corrected chi connectivity index (χ4v) is 6.03. The van der Waals surface area contributed by atoms with Gasteiger partial charge in [0.05, 0.1) is 39.3 Å². The van der Waals surface area contributed by atoms with Gasteiger partial charge in [0, 0.05) is 29.9 Å². The average Bonchev–Trinajstić information content (AvgIpc) is 3.45. The summed E-state index contributed by atoms with van der Waals surface area (Å²) >= 11 is 7.91. The number of esters is 1. The molecule has 10 heteroatoms. The molecule has 0 amide bonds. The number of benzene rings is 3. The molecule has 0 spiro atoms. The standard InChI is InChI=1S/C32H32ClN3O4S2/c1-3-40-32(37)22-36(20-23-10-5-4-6-11-23)21-25(34)19-29(35-28-15-8-7-14-27(28)33)31-17-16-30(41-31)24-12-9-13-26(18-24)42(2,38)39/h4-19H,3,20-22,34H2,1-2H3. The predicted octanol–water partition coefficient (Wildman–Crippen LogP) is 6.50. The predicted molar refractivity (Wildman–Crippen MR) is 171 cm³/mol. The highest BCUT2D eigenvalue weighted by Gasteiger charge is 2.16. The fourth-order valence-electron chi connectivity index (χ4n) is 4.22. The second kappa shape index (κ2) is 14.4. The lowest BCUT2D eigenvalue weighted by molar-refractivity contribution is -0.144. The number of rotatable bonds is 12. The third kappa shape index (κ3) is 8.87. The van der Waals surface area contributed by atoms with Gasteiger partial charge in [-0.1, -0.05) is 66.2 Å². The van der Waals surface area contributed by atoms with Gasteiger partial charge in [0.1, 0.15) is 0 Å². The Kier molecular flexibility index (Phi) is 10.7. The van der Waals surface area contributed by atoms with Crippen molar-refractivity contribution >= 4 is 50.1 Å². The minimum absolute atomic E-state index is 0.0775. The van der Waals surface area contributed by atoms with Crippen LogP contribution in [0.15, 0.2) is 113 Å². The molecular weight excluding hydrogens is 590 g/mol. The van der Waals surface area contributed by atoms with E-state index >= 15 is 0 Å². The lowest BCUT2D eigenvalue weighted by Gasteiger charge is -2.21. The highest BCUT2D eigenvalue weighted by Crippen LogP contribution is 2.32. The van der Waals surface area contributed by atoms with Crippen LogP contribution in [0.5, 0.6) is 0 Å². The molecule has 42 heavy (non-hydrogen) atoms. The summed E-state index contributed by atoms with van der Waals surface area (Å²) in [6.07, 6.45) is 2.98. The lowest BCUT2D eigenvalue weighted by Crippen LogP contribution is -2.34. The first-order valence-corrected chi connectivity index (χ1v) is 16.3. The summed E-state index contributed by atoms with van der Waals surface area (Å²) in [6.45, 7) is 2.95. The van der Waals surface area contributed by atoms with Crippen LogP contribution in [0.25, 0.3) is 10.4 Å². The molecule has 0 aliphatic carbocycles. The molecule has 0 radical (unpaired) electrons. The molecule has 7 nitrogen and oxygen atoms in total. The molecule has 1 heterocycles. The van der Waals surface area contributed by atoms with E-state index < -0.39 is 9.84 Å². The van der Waals surface area contributed by atoms with E-state index in [9.17, 15) is 13.2 Å². The number of allylic oxidation sites excluding steroid dienone is 1. The van der Waals surface area contributed by atoms with E-state index in [1.54, 1.807) is 37.3 Å². The molecule has 0 aliphatic heterocycles. The quantitative estimate of drug-likeness (QED) is 0.143. The summed E-state index contributed by atoms with van der Waals surface area (Å²) in [4.78, 5) is 21.1. The number of thiophene rings is 1. The maximum Gasteiger partial charge on any atom is 0.320 e. The van der Waals surface area contributed by atoms with Gasteiger partial charge in [0.2, 0.25) is 0 Å². The molecule has 2 N–H and O–H groups in total. The van der Waals surface area contributed by atoms with Crippen LogP contribution in [0, 0.1) is 0 Å². The number of carbonyl (C=O) groups excluding carboxylic acids is 1. The number of halogens is 1. The molecule has 3 aromatic carbocycles. The molecule has 4 aromatic rings. The van der Waals surface area contributed by atoms with Crippen LogP contribution < -0.4 is 5.73 Å². The molecule has 0 bridgehead atoms. The number of aliphatic imine (C=N–C) groups is 1. The number of ether oxygens (including phenoxy) is 1. The monoisotopic (exact) mass is 621 g/mol. The first-order chi connectivity index (χ1) is 20.1. The number of carbonyl (C=O) groups is 1. The van der Waals surface area contributed by atoms with E-state index in [0.717, 1.165) is 20.9 Å². The summed E-state index contributed by atoms with van der Waals surface area (Å²) < 4.78 is 29.4. The van der Waals surface area contributed by atoms with Crippen molar-refractivity contribution in [3.8, 4) is 10.4 Å². The van der Waals surface area contributed by atoms with E-state index in [4.69, 9.17) is 27.1 Å². The minimum atomic E-state index is -3.35. The summed E-state index contributed by atoms with van der Waals surface area (Å²) in [6, 6.07) is 27.8. The SMILES string of the molecule is CCOC(=O)CN(CC(N)=CC(=Nc1ccccc1Cl)c1ccc(-c2cccc(S(C)(=O)=O)c2)s1)Cc1ccccc1. The van der Waals surface area contributed by atoms with Gasteiger partial charge in [-0.15, -0.1) is 11.3 Å². The fraction of sp³-hybridized carbons (Fsp3) is 0.188. The number of para-hydroxylation sites is 1. The van der Waals surface area contributed by atoms with Gasteiger partial charge in [-0.05, 0) is 60.5 Å². The van der Waals surface area contributed by atoms with Gasteiger partial charge in [-0.3, -0.25) is 9.69 Å². The number of nitrogens with zero attached hydrogens (tertiary/aromatic N) is 2. The largest absolute Gasteiger partial charge is 0.465 e. The number of nitrogens with two attached hydrogens (primary N) is 1. The van der Waals surface area contributed by atoms with E-state index in [-0.39, 0.29) is 17.4 Å². The Morgan fingerprint density at radius 1 is 1.00 bits per heavy atom. The molecule has 4 rings (SSSR count). The molecule has 0 saturated carbocycles. The Labute approximate surface area is 255 Å². The molecule has 218 valence electrons. The highest BCUT2D eigenvalue weighted by molar-refractivity contribution is 7.90. The normalized spacial score (nSPS) is 12.5. The zero-order valence-electron chi connectivity index (χ0n) is 23.4. The Balaban J connectivity index is 1.69. The minimum Gasteiger partial charge on any atom is -0.465 e. The van der Waals surface area contributed by atoms with Crippen molar-refractivity contribution in [3.05, 3.63) is 118 Å². The van der Waals surface area contributed by atoms with Gasteiger partial charge in [0.15, 0.2) is 9.84 Å². The molecule has 0 fully saturated rings. The van der Waals surface area contributed by atoms with Crippen molar-refractivity contribution in [1.29, 1.82) is 0 Å². The second-order valence-electron chi connectivity index (χ2n) is 9.57. The van der Waals surface area contributed by atoms with Crippen molar-refractivity contribution in [2.45, 2.75) is 18.4 Å². The van der Waals surface area contributed by atoms with Crippen molar-refractivity contribution < 1.29 is 17.9 Å². The molecule has 0 unspecified atom stereocenters. The Morgan fingerprint density at radius 2 is 1.74 bits per heavy atom. The van der Waals surface area contributed by atoms with Gasteiger partial charge < -0.3 is 10.5 Å². The maximum absolute atomic E-state index is 12.4. The number of hydrogen-bond acceptors (Lipinski definition) is 8. The summed E-state index contributed by atoms with van der Waals surface area (Å²) in [5, 5.41) is 0.493. The zero-order valence-corrected chi connectivity index (χ0v) is 25.8. The molecular formula is C32H32ClN3O4S2. The van der Waals surface area contributed by atoms with E-state index in [2.05, 4.69) is 0 Å². The number of sulfone groups is 1. The smallest absolute Gasteiger partial charge is 0.320 e. The second-order valence-corrected chi connectivity index (χ2v) is 13.1. The van der Waals surface area contributed by atoms with Crippen molar-refractivity contribution in [1.82, 2.24) is 4.90 Å². The first kappa shape index (κ1) is 31.2. The summed E-state index contributed by atoms with van der Waals surface area (Å²) in [7, 11) is -3.35. The Hall–Kier alpha value is -3.76. The number of hydrogen-bond donors (Lipinski definition) is 1. The van der Waals surface area contributed by atoms with E-state index in [1.165, 1.54) is 17.6 Å². The zero-order chi connectivity index (χ0) is 30.1. The van der Waals surface area contributed by atoms with Gasteiger partial charge in [-0.25, -0.2) is 13.4 Å². The van der Waals surface area contributed by atoms with Crippen LogP contribution in [0.3, 0.4) is 0 Å². The lowest BCUT2D eigenvalue weighted by atomic mass is 10.2. The molecule has 0 atom stereocenters. The Morgan fingerprint density at radius 3 is 2.45 bits per heavy atom. The van der Waals surface area contributed by atoms with E-state index in [0.29, 0.717) is 41.8 Å². The molecule has 0 saturated heterocycles. The van der Waals surface area contributed by atoms with Crippen molar-refractivity contribution in [2.75, 3.05) is 26.0 Å². The van der Waals surface area contributed by atoms with Crippen LogP contribution in [-0.2, 0) is 25.9 Å². The third-order valence-corrected chi connectivity index (χ3v) is 8.72. The van der Waals surface area contributed by atoms with Crippen LogP contribution in [0.4, 0.5) is 5.69 Å². The molecule has 1 aromatic heterocycles. The third-order valence-electron chi connectivity index (χ3n) is 6.13. The van der Waals surface area contributed by atoms with Crippen molar-refractivity contribution in [3.63, 3.8) is 0 Å². The van der Waals surface area contributed by atoms with Crippen LogP contribution in [-0.4, -0.2) is 51.0 Å². The summed E-state index contributed by atoms with van der Waals surface area (Å²) in [5.41, 5.74) is 10.1. The topological polar surface area (TPSA) is 102 Å². The molecule has 0 aliphatic rings. The summed E-state index contributed by atoms with van der Waals surface area (Å²) in [5.74, 6) is -0.328. The van der Waals surface area contributed by atoms with Crippen LogP contribution in [0.1, 0.15) is 17.4 Å². The van der Waals surface area contributed by atoms with Crippen molar-refractivity contribution in [2.24, 2.45) is 10.7 Å². The van der Waals surface area contributed by atoms with Crippen LogP contribution >= 0.6 is 22.9 Å². The van der Waals surface area contributed by atoms with Crippen LogP contribution in [0.2, 0.25) is 5.02 Å². The van der Waals surface area contributed by atoms with Gasteiger partial charge in [0.25, 0.3) is 0 Å².